The lowest BCUT2D eigenvalue weighted by molar-refractivity contribution is -0.304. The van der Waals surface area contributed by atoms with Crippen LogP contribution < -0.4 is 21.7 Å². The number of nitrogens with zero attached hydrogens (tertiary/aromatic N) is 1. The van der Waals surface area contributed by atoms with Crippen LogP contribution in [0.4, 0.5) is 11.5 Å². The van der Waals surface area contributed by atoms with E-state index < -0.39 is 22.7 Å². The molecule has 1 aromatic carbocycles. The minimum atomic E-state index is -1.29. The number of carbonyl (C=O) groups excluding carboxylic acids is 2. The number of hydrogen-bond acceptors (Lipinski definition) is 7. The molecular weight excluding hydrogens is 320 g/mol. The highest BCUT2D eigenvalue weighted by Gasteiger charge is 2.15. The molecule has 0 fully saturated rings. The molecule has 1 amide bonds. The van der Waals surface area contributed by atoms with Crippen LogP contribution in [0.3, 0.4) is 0 Å². The summed E-state index contributed by atoms with van der Waals surface area (Å²) < 4.78 is 0. The van der Waals surface area contributed by atoms with Crippen LogP contribution in [0.1, 0.15) is 17.3 Å². The number of carboxylic acids is 1. The van der Waals surface area contributed by atoms with Gasteiger partial charge in [0.2, 0.25) is 0 Å². The highest BCUT2D eigenvalue weighted by atomic mass is 32.2. The number of nitrogens with one attached hydrogen (secondary N) is 2. The Kier molecular flexibility index (Phi) is 5.02. The average Bonchev–Trinajstić information content (AvgIpc) is 2.51. The lowest BCUT2D eigenvalue weighted by Crippen LogP contribution is -2.31. The number of rotatable bonds is 5. The van der Waals surface area contributed by atoms with Gasteiger partial charge in [-0.25, -0.2) is 4.98 Å². The number of benzene rings is 1. The van der Waals surface area contributed by atoms with Gasteiger partial charge in [0.15, 0.2) is 11.0 Å². The van der Waals surface area contributed by atoms with Crippen LogP contribution in [0.5, 0.6) is 0 Å². The van der Waals surface area contributed by atoms with Crippen molar-refractivity contribution < 1.29 is 14.7 Å². The molecule has 1 heterocycles. The van der Waals surface area contributed by atoms with Gasteiger partial charge in [-0.3, -0.25) is 14.6 Å². The van der Waals surface area contributed by atoms with Crippen molar-refractivity contribution in [3.8, 4) is 0 Å². The number of carboxylic acid groups (broad SMARTS) is 1. The topological polar surface area (TPSA) is 141 Å². The molecule has 2 aromatic rings. The van der Waals surface area contributed by atoms with E-state index in [-0.39, 0.29) is 16.7 Å². The Balaban J connectivity index is 2.22. The van der Waals surface area contributed by atoms with Crippen LogP contribution in [0.15, 0.2) is 40.3 Å². The van der Waals surface area contributed by atoms with Crippen molar-refractivity contribution >= 4 is 35.1 Å². The van der Waals surface area contributed by atoms with Gasteiger partial charge >= 0.3 is 0 Å². The number of amides is 1. The molecule has 1 aromatic heterocycles. The largest absolute Gasteiger partial charge is 0.549 e. The molecule has 23 heavy (non-hydrogen) atoms. The Morgan fingerprint density at radius 2 is 2.00 bits per heavy atom. The molecule has 0 aliphatic rings. The van der Waals surface area contributed by atoms with Gasteiger partial charge in [-0.2, -0.15) is 0 Å². The van der Waals surface area contributed by atoms with Gasteiger partial charge in [-0.05, 0) is 19.1 Å². The molecule has 0 bridgehead atoms. The first-order valence-electron chi connectivity index (χ1n) is 6.52. The van der Waals surface area contributed by atoms with Crippen LogP contribution in [0, 0.1) is 0 Å². The maximum Gasteiger partial charge on any atom is 0.277 e. The molecule has 4 N–H and O–H groups in total. The van der Waals surface area contributed by atoms with E-state index in [1.807, 2.05) is 0 Å². The van der Waals surface area contributed by atoms with E-state index in [1.165, 1.54) is 6.92 Å². The number of H-pyrrole nitrogens is 1. The predicted molar refractivity (Wildman–Crippen MR) is 84.0 cm³/mol. The summed E-state index contributed by atoms with van der Waals surface area (Å²) in [4.78, 5) is 41.0. The second-order valence-corrected chi connectivity index (χ2v) is 5.86. The molecule has 120 valence electrons. The molecule has 0 aliphatic carbocycles. The number of aromatic amines is 1. The van der Waals surface area contributed by atoms with E-state index in [0.29, 0.717) is 5.56 Å². The summed E-state index contributed by atoms with van der Waals surface area (Å²) in [6, 6.07) is 8.28. The average molecular weight is 333 g/mol. The normalized spacial score (nSPS) is 11.7. The molecule has 0 aliphatic heterocycles. The Morgan fingerprint density at radius 3 is 2.57 bits per heavy atom. The number of nitrogens with two attached hydrogens (primary N) is 1. The second-order valence-electron chi connectivity index (χ2n) is 4.53. The van der Waals surface area contributed by atoms with E-state index in [0.717, 1.165) is 11.8 Å². The smallest absolute Gasteiger partial charge is 0.277 e. The Morgan fingerprint density at radius 1 is 1.35 bits per heavy atom. The number of hydrogen-bond donors (Lipinski definition) is 3. The van der Waals surface area contributed by atoms with Crippen LogP contribution in [0.25, 0.3) is 0 Å². The number of thioether (sulfide) groups is 1. The van der Waals surface area contributed by atoms with E-state index in [1.54, 1.807) is 30.3 Å². The first-order valence-corrected chi connectivity index (χ1v) is 7.40. The Labute approximate surface area is 135 Å². The summed E-state index contributed by atoms with van der Waals surface area (Å²) in [5.74, 6) is -2.00. The summed E-state index contributed by atoms with van der Waals surface area (Å²) in [6.45, 7) is 1.39. The Bertz CT molecular complexity index is 791. The van der Waals surface area contributed by atoms with Crippen molar-refractivity contribution in [3.05, 3.63) is 46.2 Å². The molecule has 2 rings (SSSR count). The molecule has 0 spiro atoms. The molecule has 0 unspecified atom stereocenters. The van der Waals surface area contributed by atoms with Crippen molar-refractivity contribution in [2.24, 2.45) is 0 Å². The molecule has 8 nitrogen and oxygen atoms in total. The summed E-state index contributed by atoms with van der Waals surface area (Å²) in [5, 5.41) is 12.2. The van der Waals surface area contributed by atoms with Crippen LogP contribution >= 0.6 is 11.8 Å². The predicted octanol–water partition coefficient (Wildman–Crippen LogP) is -0.165. The van der Waals surface area contributed by atoms with Gasteiger partial charge in [-0.1, -0.05) is 30.0 Å². The van der Waals surface area contributed by atoms with Crippen LogP contribution in [0.2, 0.25) is 0 Å². The maximum absolute atomic E-state index is 12.0. The third kappa shape index (κ3) is 4.10. The fraction of sp³-hybridized carbons (Fsp3) is 0.143. The third-order valence-corrected chi connectivity index (χ3v) is 3.78. The van der Waals surface area contributed by atoms with Gasteiger partial charge in [0.1, 0.15) is 5.69 Å². The zero-order valence-electron chi connectivity index (χ0n) is 12.0. The van der Waals surface area contributed by atoms with Crippen molar-refractivity contribution in [2.75, 3.05) is 11.1 Å². The minimum Gasteiger partial charge on any atom is -0.549 e. The Hall–Kier alpha value is -2.81. The lowest BCUT2D eigenvalue weighted by atomic mass is 10.2. The van der Waals surface area contributed by atoms with E-state index in [4.69, 9.17) is 5.73 Å². The third-order valence-electron chi connectivity index (χ3n) is 2.82. The highest BCUT2D eigenvalue weighted by molar-refractivity contribution is 8.00. The number of carbonyl (C=O) groups is 2. The summed E-state index contributed by atoms with van der Waals surface area (Å²) in [5.41, 5.74) is 5.17. The first-order chi connectivity index (χ1) is 10.9. The zero-order chi connectivity index (χ0) is 17.0. The van der Waals surface area contributed by atoms with Crippen molar-refractivity contribution in [1.29, 1.82) is 0 Å². The number of aliphatic carboxylic acids is 1. The molecule has 1 atom stereocenters. The first kappa shape index (κ1) is 16.6. The fourth-order valence-corrected chi connectivity index (χ4v) is 2.37. The van der Waals surface area contributed by atoms with Gasteiger partial charge in [-0.15, -0.1) is 0 Å². The number of nitrogen functional groups attached to an aromatic ring is 1. The van der Waals surface area contributed by atoms with E-state index in [2.05, 4.69) is 15.3 Å². The van der Waals surface area contributed by atoms with Gasteiger partial charge in [0, 0.05) is 10.8 Å². The van der Waals surface area contributed by atoms with Crippen LogP contribution in [-0.2, 0) is 4.79 Å². The fourth-order valence-electron chi connectivity index (χ4n) is 1.64. The van der Waals surface area contributed by atoms with Gasteiger partial charge in [0.05, 0.1) is 5.97 Å². The zero-order valence-corrected chi connectivity index (χ0v) is 12.8. The molecule has 0 saturated carbocycles. The monoisotopic (exact) mass is 333 g/mol. The lowest BCUT2D eigenvalue weighted by Gasteiger charge is -2.12. The summed E-state index contributed by atoms with van der Waals surface area (Å²) in [6.07, 6.45) is 0. The quantitative estimate of drug-likeness (QED) is 0.509. The summed E-state index contributed by atoms with van der Waals surface area (Å²) in [7, 11) is 0. The number of aromatic nitrogens is 2. The van der Waals surface area contributed by atoms with Gasteiger partial charge < -0.3 is 21.0 Å². The highest BCUT2D eigenvalue weighted by Crippen LogP contribution is 2.21. The van der Waals surface area contributed by atoms with Crippen molar-refractivity contribution in [1.82, 2.24) is 9.97 Å². The summed E-state index contributed by atoms with van der Waals surface area (Å²) >= 11 is 0.783. The van der Waals surface area contributed by atoms with Crippen LogP contribution in [-0.4, -0.2) is 27.1 Å². The molecule has 9 heteroatoms. The maximum atomic E-state index is 12.0. The van der Waals surface area contributed by atoms with Gasteiger partial charge in [0.25, 0.3) is 11.5 Å². The van der Waals surface area contributed by atoms with E-state index in [9.17, 15) is 19.5 Å². The SMILES string of the molecule is C[C@@H](Sc1nc(N)c(NC(=O)c2ccccc2)c(=O)[nH]1)C(=O)[O-]. The second kappa shape index (κ2) is 6.97. The van der Waals surface area contributed by atoms with Crippen molar-refractivity contribution in [2.45, 2.75) is 17.3 Å². The molecule has 0 saturated heterocycles. The number of anilines is 2. The molecule has 0 radical (unpaired) electrons. The standard InChI is InChI=1S/C14H14N4O4S/c1-7(13(21)22)23-14-17-10(15)9(12(20)18-14)16-11(19)8-5-3-2-4-6-8/h2-7H,1H3,(H,16,19)(H,21,22)(H3,15,17,18,20)/p-1/t7-/m1/s1. The molecular formula is C14H13N4O4S-. The van der Waals surface area contributed by atoms with E-state index >= 15 is 0 Å². The van der Waals surface area contributed by atoms with Crippen molar-refractivity contribution in [3.63, 3.8) is 0 Å². The minimum absolute atomic E-state index is 0.0295.